The molecule has 1 rings (SSSR count). The van der Waals surface area contributed by atoms with Crippen molar-refractivity contribution in [2.24, 2.45) is 5.92 Å². The molecule has 0 saturated carbocycles. The molecule has 1 unspecified atom stereocenters. The van der Waals surface area contributed by atoms with Crippen LogP contribution < -0.4 is 5.32 Å². The lowest BCUT2D eigenvalue weighted by atomic mass is 9.91. The molecule has 1 aliphatic rings. The number of allylic oxidation sites excluding steroid dienone is 3. The summed E-state index contributed by atoms with van der Waals surface area (Å²) in [6, 6.07) is 0. The van der Waals surface area contributed by atoms with E-state index in [1.165, 1.54) is 5.57 Å². The summed E-state index contributed by atoms with van der Waals surface area (Å²) in [7, 11) is 1.67. The van der Waals surface area contributed by atoms with Gasteiger partial charge >= 0.3 is 0 Å². The van der Waals surface area contributed by atoms with Gasteiger partial charge in [0.05, 0.1) is 0 Å². The van der Waals surface area contributed by atoms with E-state index in [-0.39, 0.29) is 5.91 Å². The maximum Gasteiger partial charge on any atom is 0.223 e. The lowest BCUT2D eigenvalue weighted by molar-refractivity contribution is -0.120. The molecule has 0 aliphatic heterocycles. The van der Waals surface area contributed by atoms with Crippen LogP contribution in [0.3, 0.4) is 0 Å². The van der Waals surface area contributed by atoms with E-state index in [0.29, 0.717) is 12.3 Å². The summed E-state index contributed by atoms with van der Waals surface area (Å²) in [6.07, 6.45) is 7.81. The minimum atomic E-state index is 0.100. The van der Waals surface area contributed by atoms with Gasteiger partial charge in [-0.25, -0.2) is 0 Å². The van der Waals surface area contributed by atoms with Crippen molar-refractivity contribution in [1.82, 2.24) is 5.32 Å². The molecule has 0 bridgehead atoms. The maximum atomic E-state index is 11.0. The van der Waals surface area contributed by atoms with E-state index < -0.39 is 0 Å². The zero-order valence-corrected chi connectivity index (χ0v) is 7.63. The minimum absolute atomic E-state index is 0.100. The Labute approximate surface area is 73.4 Å². The summed E-state index contributed by atoms with van der Waals surface area (Å²) in [5.74, 6) is 0.621. The van der Waals surface area contributed by atoms with E-state index in [0.717, 1.165) is 6.42 Å². The SMILES string of the molecule is CNC(=O)CC1=CC=CCC1C. The largest absolute Gasteiger partial charge is 0.359 e. The summed E-state index contributed by atoms with van der Waals surface area (Å²) in [4.78, 5) is 11.0. The third kappa shape index (κ3) is 2.22. The third-order valence-electron chi connectivity index (χ3n) is 2.21. The molecule has 1 aliphatic carbocycles. The van der Waals surface area contributed by atoms with Gasteiger partial charge in [0.2, 0.25) is 5.91 Å². The van der Waals surface area contributed by atoms with Gasteiger partial charge in [-0.05, 0) is 12.3 Å². The molecule has 12 heavy (non-hydrogen) atoms. The maximum absolute atomic E-state index is 11.0. The molecule has 0 saturated heterocycles. The van der Waals surface area contributed by atoms with E-state index >= 15 is 0 Å². The van der Waals surface area contributed by atoms with Gasteiger partial charge in [0.1, 0.15) is 0 Å². The first kappa shape index (κ1) is 9.04. The fourth-order valence-corrected chi connectivity index (χ4v) is 1.30. The van der Waals surface area contributed by atoms with Gasteiger partial charge in [0.15, 0.2) is 0 Å². The summed E-state index contributed by atoms with van der Waals surface area (Å²) in [6.45, 7) is 2.15. The third-order valence-corrected chi connectivity index (χ3v) is 2.21. The molecule has 0 spiro atoms. The highest BCUT2D eigenvalue weighted by atomic mass is 16.1. The molecule has 0 fully saturated rings. The highest BCUT2D eigenvalue weighted by molar-refractivity contribution is 5.78. The highest BCUT2D eigenvalue weighted by Gasteiger charge is 2.12. The lowest BCUT2D eigenvalue weighted by Gasteiger charge is -2.15. The Morgan fingerprint density at radius 3 is 3.08 bits per heavy atom. The van der Waals surface area contributed by atoms with Crippen molar-refractivity contribution < 1.29 is 4.79 Å². The molecule has 0 heterocycles. The van der Waals surface area contributed by atoms with Crippen LogP contribution in [0, 0.1) is 5.92 Å². The van der Waals surface area contributed by atoms with Crippen molar-refractivity contribution in [2.45, 2.75) is 19.8 Å². The van der Waals surface area contributed by atoms with Crippen molar-refractivity contribution in [1.29, 1.82) is 0 Å². The quantitative estimate of drug-likeness (QED) is 0.662. The van der Waals surface area contributed by atoms with Crippen molar-refractivity contribution in [2.75, 3.05) is 7.05 Å². The second-order valence-corrected chi connectivity index (χ2v) is 3.16. The molecule has 2 nitrogen and oxygen atoms in total. The van der Waals surface area contributed by atoms with Gasteiger partial charge in [0.25, 0.3) is 0 Å². The van der Waals surface area contributed by atoms with Crippen LogP contribution in [0.4, 0.5) is 0 Å². The predicted octanol–water partition coefficient (Wildman–Crippen LogP) is 1.64. The van der Waals surface area contributed by atoms with Crippen LogP contribution >= 0.6 is 0 Å². The summed E-state index contributed by atoms with van der Waals surface area (Å²) < 4.78 is 0. The van der Waals surface area contributed by atoms with Gasteiger partial charge in [-0.1, -0.05) is 30.7 Å². The average Bonchev–Trinajstić information content (AvgIpc) is 2.09. The smallest absolute Gasteiger partial charge is 0.223 e. The molecule has 0 aromatic rings. The van der Waals surface area contributed by atoms with Gasteiger partial charge in [-0.3, -0.25) is 4.79 Å². The van der Waals surface area contributed by atoms with E-state index in [4.69, 9.17) is 0 Å². The first-order valence-electron chi connectivity index (χ1n) is 4.30. The number of amides is 1. The zero-order chi connectivity index (χ0) is 8.97. The second-order valence-electron chi connectivity index (χ2n) is 3.16. The fraction of sp³-hybridized carbons (Fsp3) is 0.500. The predicted molar refractivity (Wildman–Crippen MR) is 49.7 cm³/mol. The van der Waals surface area contributed by atoms with Crippen LogP contribution in [0.1, 0.15) is 19.8 Å². The Morgan fingerprint density at radius 2 is 2.50 bits per heavy atom. The Morgan fingerprint density at radius 1 is 1.75 bits per heavy atom. The van der Waals surface area contributed by atoms with Gasteiger partial charge in [-0.2, -0.15) is 0 Å². The first-order chi connectivity index (χ1) is 5.74. The van der Waals surface area contributed by atoms with E-state index in [1.807, 2.05) is 12.2 Å². The van der Waals surface area contributed by atoms with Crippen molar-refractivity contribution in [3.05, 3.63) is 23.8 Å². The molecular weight excluding hydrogens is 150 g/mol. The lowest BCUT2D eigenvalue weighted by Crippen LogP contribution is -2.19. The van der Waals surface area contributed by atoms with Crippen LogP contribution in [-0.2, 0) is 4.79 Å². The van der Waals surface area contributed by atoms with Gasteiger partial charge in [-0.15, -0.1) is 0 Å². The second kappa shape index (κ2) is 4.10. The van der Waals surface area contributed by atoms with Crippen LogP contribution in [-0.4, -0.2) is 13.0 Å². The standard InChI is InChI=1S/C10H15NO/c1-8-5-3-4-6-9(8)7-10(12)11-2/h3-4,6,8H,5,7H2,1-2H3,(H,11,12). The Hall–Kier alpha value is -1.05. The number of carbonyl (C=O) groups excluding carboxylic acids is 1. The Kier molecular flexibility index (Phi) is 3.09. The molecule has 1 N–H and O–H groups in total. The Balaban J connectivity index is 2.55. The molecule has 1 amide bonds. The number of rotatable bonds is 2. The molecule has 1 atom stereocenters. The number of hydrogen-bond donors (Lipinski definition) is 1. The van der Waals surface area contributed by atoms with Crippen LogP contribution in [0.15, 0.2) is 23.8 Å². The molecule has 0 radical (unpaired) electrons. The number of carbonyl (C=O) groups is 1. The summed E-state index contributed by atoms with van der Waals surface area (Å²) in [5, 5.41) is 2.63. The Bertz CT molecular complexity index is 228. The first-order valence-corrected chi connectivity index (χ1v) is 4.30. The van der Waals surface area contributed by atoms with E-state index in [2.05, 4.69) is 18.3 Å². The minimum Gasteiger partial charge on any atom is -0.359 e. The fourth-order valence-electron chi connectivity index (χ4n) is 1.30. The molecule has 0 aromatic carbocycles. The number of hydrogen-bond acceptors (Lipinski definition) is 1. The topological polar surface area (TPSA) is 29.1 Å². The van der Waals surface area contributed by atoms with Crippen LogP contribution in [0.25, 0.3) is 0 Å². The monoisotopic (exact) mass is 165 g/mol. The summed E-state index contributed by atoms with van der Waals surface area (Å²) >= 11 is 0. The van der Waals surface area contributed by atoms with E-state index in [9.17, 15) is 4.79 Å². The normalized spacial score (nSPS) is 21.8. The van der Waals surface area contributed by atoms with E-state index in [1.54, 1.807) is 7.05 Å². The zero-order valence-electron chi connectivity index (χ0n) is 7.63. The molecule has 66 valence electrons. The average molecular weight is 165 g/mol. The van der Waals surface area contributed by atoms with Gasteiger partial charge in [0, 0.05) is 13.5 Å². The highest BCUT2D eigenvalue weighted by Crippen LogP contribution is 2.22. The van der Waals surface area contributed by atoms with Crippen LogP contribution in [0.5, 0.6) is 0 Å². The van der Waals surface area contributed by atoms with Crippen molar-refractivity contribution in [3.63, 3.8) is 0 Å². The molecule has 0 aromatic heterocycles. The van der Waals surface area contributed by atoms with Crippen molar-refractivity contribution >= 4 is 5.91 Å². The number of nitrogens with one attached hydrogen (secondary N) is 1. The van der Waals surface area contributed by atoms with Crippen molar-refractivity contribution in [3.8, 4) is 0 Å². The molecule has 2 heteroatoms. The summed E-state index contributed by atoms with van der Waals surface area (Å²) in [5.41, 5.74) is 1.23. The van der Waals surface area contributed by atoms with Gasteiger partial charge < -0.3 is 5.32 Å². The van der Waals surface area contributed by atoms with Crippen LogP contribution in [0.2, 0.25) is 0 Å². The molecular formula is C10H15NO.